The third kappa shape index (κ3) is 8.80. The zero-order chi connectivity index (χ0) is 18.8. The van der Waals surface area contributed by atoms with Crippen molar-refractivity contribution in [3.8, 4) is 5.75 Å². The lowest BCUT2D eigenvalue weighted by atomic mass is 10.1. The lowest BCUT2D eigenvalue weighted by Crippen LogP contribution is -2.15. The second-order valence-corrected chi connectivity index (χ2v) is 7.05. The second kappa shape index (κ2) is 11.6. The van der Waals surface area contributed by atoms with Crippen LogP contribution in [0.15, 0.2) is 12.1 Å². The van der Waals surface area contributed by atoms with Crippen LogP contribution in [0.25, 0.3) is 0 Å². The third-order valence-corrected chi connectivity index (χ3v) is 4.49. The number of ether oxygens (including phenoxy) is 2. The number of unbranched alkanes of at least 4 members (excludes halogenated alkanes) is 2. The van der Waals surface area contributed by atoms with Crippen molar-refractivity contribution in [3.63, 3.8) is 0 Å². The minimum absolute atomic E-state index is 0.0692. The average molecular weight is 410 g/mol. The van der Waals surface area contributed by atoms with E-state index in [9.17, 15) is 9.59 Å². The van der Waals surface area contributed by atoms with Crippen molar-refractivity contribution >= 4 is 46.7 Å². The number of rotatable bonds is 10. The Morgan fingerprint density at radius 2 is 1.72 bits per heavy atom. The van der Waals surface area contributed by atoms with Crippen LogP contribution in [0.3, 0.4) is 0 Å². The quantitative estimate of drug-likeness (QED) is 0.199. The highest BCUT2D eigenvalue weighted by molar-refractivity contribution is 6.44. The Labute approximate surface area is 163 Å². The second-order valence-electron chi connectivity index (χ2n) is 5.82. The monoisotopic (exact) mass is 408 g/mol. The summed E-state index contributed by atoms with van der Waals surface area (Å²) in [5.74, 6) is -0.707. The first-order valence-corrected chi connectivity index (χ1v) is 9.51. The Morgan fingerprint density at radius 3 is 2.40 bits per heavy atom. The van der Waals surface area contributed by atoms with Crippen molar-refractivity contribution < 1.29 is 19.1 Å². The molecule has 0 saturated carbocycles. The normalized spacial score (nSPS) is 11.9. The molecule has 1 aromatic rings. The summed E-state index contributed by atoms with van der Waals surface area (Å²) in [5, 5.41) is 0.648. The highest BCUT2D eigenvalue weighted by Gasteiger charge is 2.14. The van der Waals surface area contributed by atoms with Gasteiger partial charge in [-0.2, -0.15) is 0 Å². The van der Waals surface area contributed by atoms with Gasteiger partial charge in [0.15, 0.2) is 5.75 Å². The van der Waals surface area contributed by atoms with E-state index in [0.717, 1.165) is 25.7 Å². The molecule has 0 spiro atoms. The summed E-state index contributed by atoms with van der Waals surface area (Å²) < 4.78 is 10.4. The summed E-state index contributed by atoms with van der Waals surface area (Å²) in [7, 11) is 0. The zero-order valence-corrected chi connectivity index (χ0v) is 16.7. The maximum Gasteiger partial charge on any atom is 0.311 e. The van der Waals surface area contributed by atoms with Gasteiger partial charge in [-0.25, -0.2) is 0 Å². The molecule has 7 heteroatoms. The zero-order valence-electron chi connectivity index (χ0n) is 14.4. The molecule has 0 amide bonds. The molecule has 0 aliphatic heterocycles. The van der Waals surface area contributed by atoms with Crippen molar-refractivity contribution in [2.45, 2.75) is 64.9 Å². The topological polar surface area (TPSA) is 52.6 Å². The molecule has 0 bridgehead atoms. The molecule has 0 radical (unpaired) electrons. The predicted molar refractivity (Wildman–Crippen MR) is 101 cm³/mol. The Bertz CT molecular complexity index is 590. The molecule has 0 aliphatic rings. The number of hydrogen-bond donors (Lipinski definition) is 0. The van der Waals surface area contributed by atoms with Crippen LogP contribution < -0.4 is 4.74 Å². The summed E-state index contributed by atoms with van der Waals surface area (Å²) in [6, 6.07) is 2.88. The number of carbonyl (C=O) groups excluding carboxylic acids is 2. The minimum Gasteiger partial charge on any atom is -0.463 e. The van der Waals surface area contributed by atoms with E-state index in [1.165, 1.54) is 12.1 Å². The Balaban J connectivity index is 2.32. The fourth-order valence-electron chi connectivity index (χ4n) is 2.18. The Morgan fingerprint density at radius 1 is 1.04 bits per heavy atom. The van der Waals surface area contributed by atoms with Gasteiger partial charge >= 0.3 is 11.9 Å². The molecular formula is C18H23Cl3O4. The number of esters is 2. The molecule has 0 saturated heterocycles. The van der Waals surface area contributed by atoms with Gasteiger partial charge in [0.1, 0.15) is 5.02 Å². The minimum atomic E-state index is -0.510. The van der Waals surface area contributed by atoms with Gasteiger partial charge in [0.25, 0.3) is 0 Å². The van der Waals surface area contributed by atoms with Crippen LogP contribution in [-0.2, 0) is 14.3 Å². The molecule has 1 atom stereocenters. The van der Waals surface area contributed by atoms with Crippen LogP contribution in [-0.4, -0.2) is 18.0 Å². The van der Waals surface area contributed by atoms with Gasteiger partial charge in [-0.15, -0.1) is 0 Å². The number of halogens is 3. The Hall–Kier alpha value is -0.970. The largest absolute Gasteiger partial charge is 0.463 e. The first-order valence-electron chi connectivity index (χ1n) is 8.38. The molecule has 0 fully saturated rings. The Kier molecular flexibility index (Phi) is 10.2. The molecule has 4 nitrogen and oxygen atoms in total. The van der Waals surface area contributed by atoms with E-state index in [4.69, 9.17) is 44.3 Å². The molecule has 0 heterocycles. The van der Waals surface area contributed by atoms with Crippen LogP contribution in [0.2, 0.25) is 15.1 Å². The summed E-state index contributed by atoms with van der Waals surface area (Å²) in [5.41, 5.74) is 0. The molecular weight excluding hydrogens is 387 g/mol. The van der Waals surface area contributed by atoms with E-state index in [1.807, 2.05) is 6.92 Å². The van der Waals surface area contributed by atoms with Crippen LogP contribution in [0, 0.1) is 0 Å². The van der Waals surface area contributed by atoms with E-state index in [0.29, 0.717) is 11.4 Å². The molecule has 1 aromatic carbocycles. The van der Waals surface area contributed by atoms with Crippen LogP contribution in [0.1, 0.15) is 58.8 Å². The molecule has 0 N–H and O–H groups in total. The van der Waals surface area contributed by atoms with Gasteiger partial charge in [0.2, 0.25) is 0 Å². The highest BCUT2D eigenvalue weighted by atomic mass is 35.5. The maximum atomic E-state index is 11.8. The van der Waals surface area contributed by atoms with Gasteiger partial charge < -0.3 is 9.47 Å². The van der Waals surface area contributed by atoms with E-state index < -0.39 is 5.97 Å². The molecule has 0 aliphatic carbocycles. The van der Waals surface area contributed by atoms with E-state index in [2.05, 4.69) is 6.92 Å². The third-order valence-electron chi connectivity index (χ3n) is 3.49. The summed E-state index contributed by atoms with van der Waals surface area (Å²) in [6.45, 7) is 4.01. The van der Waals surface area contributed by atoms with Gasteiger partial charge in [0.05, 0.1) is 11.1 Å². The first kappa shape index (κ1) is 22.1. The van der Waals surface area contributed by atoms with Crippen LogP contribution >= 0.6 is 34.8 Å². The summed E-state index contributed by atoms with van der Waals surface area (Å²) in [6.07, 6.45) is 4.63. The maximum absolute atomic E-state index is 11.8. The first-order chi connectivity index (χ1) is 11.8. The van der Waals surface area contributed by atoms with Crippen molar-refractivity contribution in [1.29, 1.82) is 0 Å². The summed E-state index contributed by atoms with van der Waals surface area (Å²) in [4.78, 5) is 23.6. The highest BCUT2D eigenvalue weighted by Crippen LogP contribution is 2.35. The SMILES string of the molecule is CCCCCC(C)OC(=O)CCCC(=O)Oc1cc(Cl)cc(Cl)c1Cl. The number of carbonyl (C=O) groups is 2. The summed E-state index contributed by atoms with van der Waals surface area (Å²) >= 11 is 17.7. The van der Waals surface area contributed by atoms with E-state index in [-0.39, 0.29) is 40.7 Å². The molecule has 0 aromatic heterocycles. The fourth-order valence-corrected chi connectivity index (χ4v) is 2.80. The fraction of sp³-hybridized carbons (Fsp3) is 0.556. The lowest BCUT2D eigenvalue weighted by Gasteiger charge is -2.13. The predicted octanol–water partition coefficient (Wildman–Crippen LogP) is 6.23. The molecule has 25 heavy (non-hydrogen) atoms. The van der Waals surface area contributed by atoms with Crippen molar-refractivity contribution in [2.24, 2.45) is 0 Å². The van der Waals surface area contributed by atoms with E-state index >= 15 is 0 Å². The molecule has 1 rings (SSSR count). The standard InChI is InChI=1S/C18H23Cl3O4/c1-3-4-5-7-12(2)24-16(22)8-6-9-17(23)25-15-11-13(19)10-14(20)18(15)21/h10-12H,3-9H2,1-2H3. The molecule has 1 unspecified atom stereocenters. The van der Waals surface area contributed by atoms with Gasteiger partial charge in [0, 0.05) is 23.9 Å². The average Bonchev–Trinajstić information content (AvgIpc) is 2.52. The van der Waals surface area contributed by atoms with Crippen LogP contribution in [0.4, 0.5) is 0 Å². The molecule has 140 valence electrons. The number of benzene rings is 1. The van der Waals surface area contributed by atoms with Gasteiger partial charge in [-0.1, -0.05) is 54.6 Å². The van der Waals surface area contributed by atoms with Crippen molar-refractivity contribution in [1.82, 2.24) is 0 Å². The smallest absolute Gasteiger partial charge is 0.311 e. The van der Waals surface area contributed by atoms with Crippen molar-refractivity contribution in [2.75, 3.05) is 0 Å². The lowest BCUT2D eigenvalue weighted by molar-refractivity contribution is -0.148. The van der Waals surface area contributed by atoms with Crippen LogP contribution in [0.5, 0.6) is 5.75 Å². The van der Waals surface area contributed by atoms with Gasteiger partial charge in [-0.3, -0.25) is 9.59 Å². The van der Waals surface area contributed by atoms with E-state index in [1.54, 1.807) is 0 Å². The van der Waals surface area contributed by atoms with Gasteiger partial charge in [-0.05, 0) is 32.3 Å². The number of hydrogen-bond acceptors (Lipinski definition) is 4. The van der Waals surface area contributed by atoms with Crippen molar-refractivity contribution in [3.05, 3.63) is 27.2 Å².